The highest BCUT2D eigenvalue weighted by Crippen LogP contribution is 2.74. The number of ketones is 1. The number of hydrogen-bond acceptors (Lipinski definition) is 7. The second-order valence-electron chi connectivity index (χ2n) is 12.6. The number of ether oxygens (including phenoxy) is 2. The third kappa shape index (κ3) is 3.91. The Morgan fingerprint density at radius 1 is 0.580 bits per heavy atom. The van der Waals surface area contributed by atoms with Gasteiger partial charge >= 0.3 is 0 Å². The van der Waals surface area contributed by atoms with E-state index >= 15 is 14.4 Å². The number of nitrogens with zero attached hydrogens (tertiary/aromatic N) is 2. The lowest BCUT2D eigenvalue weighted by molar-refractivity contribution is -0.384. The molecule has 2 aliphatic carbocycles. The first-order valence-corrected chi connectivity index (χ1v) is 16.1. The van der Waals surface area contributed by atoms with Crippen molar-refractivity contribution in [3.05, 3.63) is 166 Å². The predicted octanol–water partition coefficient (Wildman–Crippen LogP) is 6.80. The molecule has 0 N–H and O–H groups in total. The van der Waals surface area contributed by atoms with Gasteiger partial charge in [0, 0.05) is 6.07 Å². The van der Waals surface area contributed by atoms with Gasteiger partial charge in [0.1, 0.15) is 17.2 Å². The van der Waals surface area contributed by atoms with Crippen molar-refractivity contribution < 1.29 is 28.8 Å². The minimum atomic E-state index is -1.66. The number of methoxy groups -OCH3 is 2. The lowest BCUT2D eigenvalue weighted by Gasteiger charge is -2.39. The van der Waals surface area contributed by atoms with E-state index in [0.717, 1.165) is 4.90 Å². The number of para-hydroxylation sites is 2. The Bertz CT molecular complexity index is 2100. The lowest BCUT2D eigenvalue weighted by atomic mass is 9.59. The molecule has 0 unspecified atom stereocenters. The van der Waals surface area contributed by atoms with Gasteiger partial charge in [-0.05, 0) is 63.7 Å². The Balaban J connectivity index is 1.54. The number of rotatable bonds is 8. The Kier molecular flexibility index (Phi) is 7.04. The number of fused-ring (bicyclic) bond motifs is 5. The van der Waals surface area contributed by atoms with Gasteiger partial charge in [-0.15, -0.1) is 0 Å². The molecule has 9 nitrogen and oxygen atoms in total. The molecule has 0 spiro atoms. The maximum absolute atomic E-state index is 16.0. The summed E-state index contributed by atoms with van der Waals surface area (Å²) in [5, 5.41) is 12.3. The van der Waals surface area contributed by atoms with E-state index < -0.39 is 39.4 Å². The number of nitro benzene ring substituents is 1. The van der Waals surface area contributed by atoms with Crippen LogP contribution in [0.4, 0.5) is 11.4 Å². The van der Waals surface area contributed by atoms with Gasteiger partial charge in [0.05, 0.1) is 41.8 Å². The highest BCUT2D eigenvalue weighted by atomic mass is 16.6. The van der Waals surface area contributed by atoms with Crippen molar-refractivity contribution in [3.63, 3.8) is 0 Å². The molecule has 0 aromatic heterocycles. The van der Waals surface area contributed by atoms with Gasteiger partial charge in [0.15, 0.2) is 5.78 Å². The Morgan fingerprint density at radius 3 is 1.38 bits per heavy atom. The standard InChI is InChI=1S/C41H30N2O7/c1-49-29-21-17-25(18-22-29)33-34(26-19-23-30(50-2)24-20-26)41(28-13-7-4-8-14-28)36-35(40(33,39(41)46)27-11-5-3-6-12-27)37(44)42(38(36)45)31-15-9-10-16-32(31)43(47)48/h3-24,35-36H,1-2H3/t35-,36+,40-,41-/m1/s1. The van der Waals surface area contributed by atoms with Crippen LogP contribution in [0.15, 0.2) is 133 Å². The number of amides is 2. The Morgan fingerprint density at radius 2 is 0.980 bits per heavy atom. The third-order valence-electron chi connectivity index (χ3n) is 10.5. The van der Waals surface area contributed by atoms with Crippen molar-refractivity contribution in [2.24, 2.45) is 11.8 Å². The van der Waals surface area contributed by atoms with Crippen LogP contribution < -0.4 is 14.4 Å². The molecule has 5 aromatic carbocycles. The van der Waals surface area contributed by atoms with Crippen LogP contribution in [0.5, 0.6) is 11.5 Å². The van der Waals surface area contributed by atoms with Gasteiger partial charge in [-0.25, -0.2) is 4.90 Å². The molecule has 9 heteroatoms. The molecule has 2 bridgehead atoms. The first kappa shape index (κ1) is 31.0. The maximum atomic E-state index is 16.0. The Labute approximate surface area is 287 Å². The van der Waals surface area contributed by atoms with Gasteiger partial charge in [-0.1, -0.05) is 97.1 Å². The number of carbonyl (C=O) groups excluding carboxylic acids is 3. The van der Waals surface area contributed by atoms with E-state index in [1.54, 1.807) is 44.6 Å². The number of Topliss-reactive ketones (excluding diaryl/α,β-unsaturated/α-hetero) is 1. The molecule has 1 saturated heterocycles. The summed E-state index contributed by atoms with van der Waals surface area (Å²) in [4.78, 5) is 58.9. The topological polar surface area (TPSA) is 116 Å². The van der Waals surface area contributed by atoms with Gasteiger partial charge in [0.2, 0.25) is 11.8 Å². The molecule has 50 heavy (non-hydrogen) atoms. The van der Waals surface area contributed by atoms with Gasteiger partial charge in [0.25, 0.3) is 5.69 Å². The first-order chi connectivity index (χ1) is 24.3. The van der Waals surface area contributed by atoms with Crippen LogP contribution in [-0.4, -0.2) is 36.7 Å². The third-order valence-corrected chi connectivity index (χ3v) is 10.5. The molecular weight excluding hydrogens is 632 g/mol. The second kappa shape index (κ2) is 11.4. The highest BCUT2D eigenvalue weighted by molar-refractivity contribution is 6.39. The van der Waals surface area contributed by atoms with Crippen LogP contribution in [-0.2, 0) is 25.2 Å². The second-order valence-corrected chi connectivity index (χ2v) is 12.6. The molecule has 2 fully saturated rings. The van der Waals surface area contributed by atoms with Crippen molar-refractivity contribution in [1.82, 2.24) is 0 Å². The summed E-state index contributed by atoms with van der Waals surface area (Å²) in [6.45, 7) is 0. The van der Waals surface area contributed by atoms with Crippen LogP contribution in [0.3, 0.4) is 0 Å². The van der Waals surface area contributed by atoms with E-state index in [-0.39, 0.29) is 17.2 Å². The van der Waals surface area contributed by atoms with Crippen molar-refractivity contribution in [2.75, 3.05) is 19.1 Å². The van der Waals surface area contributed by atoms with Gasteiger partial charge < -0.3 is 9.47 Å². The van der Waals surface area contributed by atoms with E-state index in [2.05, 4.69) is 0 Å². The average molecular weight is 663 g/mol. The fourth-order valence-electron chi connectivity index (χ4n) is 8.68. The number of carbonyl (C=O) groups is 3. The zero-order chi connectivity index (χ0) is 34.8. The monoisotopic (exact) mass is 662 g/mol. The number of anilines is 1. The van der Waals surface area contributed by atoms with Crippen LogP contribution >= 0.6 is 0 Å². The average Bonchev–Trinajstić information content (AvgIpc) is 3.67. The van der Waals surface area contributed by atoms with E-state index in [4.69, 9.17) is 9.47 Å². The minimum absolute atomic E-state index is 0.128. The summed E-state index contributed by atoms with van der Waals surface area (Å²) < 4.78 is 11.0. The van der Waals surface area contributed by atoms with E-state index in [9.17, 15) is 10.1 Å². The summed E-state index contributed by atoms with van der Waals surface area (Å²) in [6.07, 6.45) is 0. The number of nitro groups is 1. The normalized spacial score (nSPS) is 23.7. The van der Waals surface area contributed by atoms with Crippen molar-refractivity contribution in [2.45, 2.75) is 10.8 Å². The molecule has 246 valence electrons. The van der Waals surface area contributed by atoms with Crippen LogP contribution in [0.25, 0.3) is 11.1 Å². The summed E-state index contributed by atoms with van der Waals surface area (Å²) in [5.41, 5.74) is -0.173. The smallest absolute Gasteiger partial charge is 0.293 e. The molecule has 1 aliphatic heterocycles. The van der Waals surface area contributed by atoms with Gasteiger partial charge in [-0.2, -0.15) is 0 Å². The largest absolute Gasteiger partial charge is 0.497 e. The predicted molar refractivity (Wildman–Crippen MR) is 187 cm³/mol. The minimum Gasteiger partial charge on any atom is -0.497 e. The van der Waals surface area contributed by atoms with E-state index in [1.165, 1.54) is 18.2 Å². The maximum Gasteiger partial charge on any atom is 0.293 e. The fourth-order valence-corrected chi connectivity index (χ4v) is 8.68. The van der Waals surface area contributed by atoms with Crippen molar-refractivity contribution in [3.8, 4) is 11.5 Å². The molecule has 4 atom stereocenters. The fraction of sp³-hybridized carbons (Fsp3) is 0.146. The van der Waals surface area contributed by atoms with Crippen molar-refractivity contribution in [1.29, 1.82) is 0 Å². The van der Waals surface area contributed by atoms with Crippen molar-refractivity contribution >= 4 is 40.1 Å². The molecular formula is C41H30N2O7. The number of imide groups is 1. The quantitative estimate of drug-likeness (QED) is 0.102. The summed E-state index contributed by atoms with van der Waals surface area (Å²) in [5.74, 6) is -2.85. The number of hydrogen-bond donors (Lipinski definition) is 0. The molecule has 2 amide bonds. The Hall–Kier alpha value is -6.35. The SMILES string of the molecule is COc1ccc(C2=C(c3ccc(OC)cc3)[C@@]3(c4ccccc4)C(=O)[C@@]2(c2ccccc2)[C@@H]2C(=O)N(c4ccccc4[N+](=O)[O-])C(=O)[C@@H]23)cc1. The molecule has 0 radical (unpaired) electrons. The molecule has 1 saturated carbocycles. The molecule has 8 rings (SSSR count). The van der Waals surface area contributed by atoms with Crippen LogP contribution in [0.1, 0.15) is 22.3 Å². The molecule has 1 heterocycles. The van der Waals surface area contributed by atoms with Crippen LogP contribution in [0.2, 0.25) is 0 Å². The lowest BCUT2D eigenvalue weighted by Crippen LogP contribution is -2.45. The number of benzene rings is 5. The van der Waals surface area contributed by atoms with E-state index in [1.807, 2.05) is 84.9 Å². The first-order valence-electron chi connectivity index (χ1n) is 16.1. The molecule has 5 aromatic rings. The zero-order valence-electron chi connectivity index (χ0n) is 27.1. The number of allylic oxidation sites excluding steroid dienone is 2. The summed E-state index contributed by atoms with van der Waals surface area (Å²) >= 11 is 0. The van der Waals surface area contributed by atoms with Crippen LogP contribution in [0, 0.1) is 22.0 Å². The van der Waals surface area contributed by atoms with Gasteiger partial charge in [-0.3, -0.25) is 24.5 Å². The zero-order valence-corrected chi connectivity index (χ0v) is 27.1. The molecule has 3 aliphatic rings. The highest BCUT2D eigenvalue weighted by Gasteiger charge is 2.83. The summed E-state index contributed by atoms with van der Waals surface area (Å²) in [6, 6.07) is 38.6. The summed E-state index contributed by atoms with van der Waals surface area (Å²) in [7, 11) is 3.14. The van der Waals surface area contributed by atoms with E-state index in [0.29, 0.717) is 44.9 Å².